The number of amides is 1. The van der Waals surface area contributed by atoms with E-state index in [1.54, 1.807) is 12.3 Å². The molecule has 124 valence electrons. The Morgan fingerprint density at radius 2 is 2.22 bits per heavy atom. The lowest BCUT2D eigenvalue weighted by Crippen LogP contribution is -2.40. The third kappa shape index (κ3) is 3.94. The highest BCUT2D eigenvalue weighted by atomic mass is 32.2. The van der Waals surface area contributed by atoms with E-state index in [4.69, 9.17) is 5.73 Å². The van der Waals surface area contributed by atoms with Crippen molar-refractivity contribution in [3.8, 4) is 0 Å². The summed E-state index contributed by atoms with van der Waals surface area (Å²) in [4.78, 5) is 31.2. The van der Waals surface area contributed by atoms with Gasteiger partial charge in [-0.3, -0.25) is 14.0 Å². The number of likely N-dealkylation sites (tertiary alicyclic amines) is 1. The number of rotatable bonds is 5. The van der Waals surface area contributed by atoms with Gasteiger partial charge in [-0.25, -0.2) is 4.98 Å². The highest BCUT2D eigenvalue weighted by Gasteiger charge is 2.21. The number of thiazole rings is 1. The maximum Gasteiger partial charge on any atom is 0.258 e. The van der Waals surface area contributed by atoms with Gasteiger partial charge in [-0.05, 0) is 25.3 Å². The van der Waals surface area contributed by atoms with Gasteiger partial charge < -0.3 is 10.6 Å². The summed E-state index contributed by atoms with van der Waals surface area (Å²) in [6.07, 6.45) is 3.72. The maximum atomic E-state index is 12.2. The highest BCUT2D eigenvalue weighted by Crippen LogP contribution is 2.18. The molecule has 1 aliphatic rings. The minimum absolute atomic E-state index is 0.0676. The number of fused-ring (bicyclic) bond motifs is 1. The number of hydrogen-bond donors (Lipinski definition) is 1. The Bertz CT molecular complexity index is 734. The first kappa shape index (κ1) is 16.5. The first-order chi connectivity index (χ1) is 11.2. The molecule has 6 nitrogen and oxygen atoms in total. The normalized spacial score (nSPS) is 16.1. The van der Waals surface area contributed by atoms with Crippen molar-refractivity contribution in [2.75, 3.05) is 25.4 Å². The lowest BCUT2D eigenvalue weighted by atomic mass is 9.97. The topological polar surface area (TPSA) is 80.7 Å². The minimum Gasteiger partial charge on any atom is -0.342 e. The summed E-state index contributed by atoms with van der Waals surface area (Å²) < 4.78 is 1.53. The Balaban J connectivity index is 1.50. The molecule has 2 N–H and O–H groups in total. The van der Waals surface area contributed by atoms with E-state index in [1.165, 1.54) is 27.5 Å². The molecule has 1 aliphatic heterocycles. The number of thioether (sulfide) groups is 1. The fraction of sp³-hybridized carbons (Fsp3) is 0.533. The molecule has 0 aromatic carbocycles. The maximum absolute atomic E-state index is 12.2. The van der Waals surface area contributed by atoms with Crippen LogP contribution in [0.2, 0.25) is 0 Å². The van der Waals surface area contributed by atoms with E-state index in [0.29, 0.717) is 28.9 Å². The van der Waals surface area contributed by atoms with Crippen molar-refractivity contribution in [2.45, 2.75) is 18.6 Å². The molecule has 2 aromatic rings. The molecule has 0 aliphatic carbocycles. The molecular weight excluding hydrogens is 332 g/mol. The van der Waals surface area contributed by atoms with E-state index in [-0.39, 0.29) is 11.5 Å². The Hall–Kier alpha value is -1.38. The number of nitrogens with two attached hydrogens (primary N) is 1. The molecule has 0 atom stereocenters. The van der Waals surface area contributed by atoms with Crippen LogP contribution in [0.25, 0.3) is 4.96 Å². The van der Waals surface area contributed by atoms with E-state index in [9.17, 15) is 9.59 Å². The number of aromatic nitrogens is 2. The molecular formula is C15H20N4O2S2. The van der Waals surface area contributed by atoms with Gasteiger partial charge in [0.05, 0.1) is 11.4 Å². The largest absolute Gasteiger partial charge is 0.342 e. The van der Waals surface area contributed by atoms with Crippen molar-refractivity contribution in [3.05, 3.63) is 33.7 Å². The van der Waals surface area contributed by atoms with Crippen LogP contribution in [0.3, 0.4) is 0 Å². The lowest BCUT2D eigenvalue weighted by molar-refractivity contribution is -0.129. The van der Waals surface area contributed by atoms with E-state index in [1.807, 2.05) is 10.3 Å². The fourth-order valence-corrected chi connectivity index (χ4v) is 4.27. The average molecular weight is 352 g/mol. The Kier molecular flexibility index (Phi) is 5.34. The van der Waals surface area contributed by atoms with Crippen LogP contribution in [0.1, 0.15) is 18.5 Å². The number of hydrogen-bond acceptors (Lipinski definition) is 6. The lowest BCUT2D eigenvalue weighted by Gasteiger charge is -2.31. The van der Waals surface area contributed by atoms with Crippen LogP contribution in [-0.2, 0) is 10.5 Å². The number of nitrogens with zero attached hydrogens (tertiary/aromatic N) is 3. The van der Waals surface area contributed by atoms with Gasteiger partial charge in [-0.1, -0.05) is 0 Å². The van der Waals surface area contributed by atoms with Crippen molar-refractivity contribution in [1.29, 1.82) is 0 Å². The van der Waals surface area contributed by atoms with E-state index in [2.05, 4.69) is 4.98 Å². The van der Waals surface area contributed by atoms with Gasteiger partial charge in [0.2, 0.25) is 5.91 Å². The van der Waals surface area contributed by atoms with Gasteiger partial charge in [-0.2, -0.15) is 0 Å². The summed E-state index contributed by atoms with van der Waals surface area (Å²) in [5, 5.41) is 1.84. The summed E-state index contributed by atoms with van der Waals surface area (Å²) in [6.45, 7) is 2.33. The molecule has 3 heterocycles. The third-order valence-electron chi connectivity index (χ3n) is 4.13. The standard InChI is InChI=1S/C15H20N4O2S2/c16-8-11-1-3-18(4-2-11)14(21)10-22-9-12-7-13(20)19-5-6-23-15(19)17-12/h5-7,11H,1-4,8-10,16H2. The van der Waals surface area contributed by atoms with Crippen LogP contribution in [0.5, 0.6) is 0 Å². The monoisotopic (exact) mass is 352 g/mol. The van der Waals surface area contributed by atoms with Crippen LogP contribution in [0.15, 0.2) is 22.4 Å². The van der Waals surface area contributed by atoms with Crippen LogP contribution in [0, 0.1) is 5.92 Å². The molecule has 1 amide bonds. The summed E-state index contributed by atoms with van der Waals surface area (Å²) in [7, 11) is 0. The molecule has 2 aromatic heterocycles. The smallest absolute Gasteiger partial charge is 0.258 e. The molecule has 0 bridgehead atoms. The molecule has 0 unspecified atom stereocenters. The quantitative estimate of drug-likeness (QED) is 0.874. The Morgan fingerprint density at radius 3 is 2.96 bits per heavy atom. The summed E-state index contributed by atoms with van der Waals surface area (Å²) >= 11 is 2.95. The number of piperidine rings is 1. The van der Waals surface area contributed by atoms with Crippen LogP contribution < -0.4 is 11.3 Å². The van der Waals surface area contributed by atoms with Gasteiger partial charge in [-0.15, -0.1) is 23.1 Å². The fourth-order valence-electron chi connectivity index (χ4n) is 2.71. The molecule has 23 heavy (non-hydrogen) atoms. The summed E-state index contributed by atoms with van der Waals surface area (Å²) in [5.74, 6) is 1.73. The number of carbonyl (C=O) groups is 1. The zero-order chi connectivity index (χ0) is 16.2. The Labute approximate surface area is 142 Å². The molecule has 0 saturated carbocycles. The van der Waals surface area contributed by atoms with Crippen LogP contribution >= 0.6 is 23.1 Å². The first-order valence-electron chi connectivity index (χ1n) is 7.68. The molecule has 0 spiro atoms. The SMILES string of the molecule is NCC1CCN(C(=O)CSCc2cc(=O)n3ccsc3n2)CC1. The molecule has 1 fully saturated rings. The second kappa shape index (κ2) is 7.46. The second-order valence-electron chi connectivity index (χ2n) is 5.69. The third-order valence-corrected chi connectivity index (χ3v) is 5.84. The van der Waals surface area contributed by atoms with Crippen molar-refractivity contribution in [1.82, 2.24) is 14.3 Å². The molecule has 8 heteroatoms. The molecule has 1 saturated heterocycles. The van der Waals surface area contributed by atoms with Crippen molar-refractivity contribution >= 4 is 34.0 Å². The zero-order valence-corrected chi connectivity index (χ0v) is 14.4. The Morgan fingerprint density at radius 1 is 1.43 bits per heavy atom. The molecule has 3 rings (SSSR count). The highest BCUT2D eigenvalue weighted by molar-refractivity contribution is 7.99. The second-order valence-corrected chi connectivity index (χ2v) is 7.55. The van der Waals surface area contributed by atoms with Gasteiger partial charge in [0.25, 0.3) is 5.56 Å². The van der Waals surface area contributed by atoms with Gasteiger partial charge in [0.15, 0.2) is 4.96 Å². The van der Waals surface area contributed by atoms with Crippen LogP contribution in [0.4, 0.5) is 0 Å². The first-order valence-corrected chi connectivity index (χ1v) is 9.72. The van der Waals surface area contributed by atoms with Crippen molar-refractivity contribution in [2.24, 2.45) is 11.7 Å². The van der Waals surface area contributed by atoms with E-state index in [0.717, 1.165) is 31.6 Å². The van der Waals surface area contributed by atoms with Gasteiger partial charge in [0.1, 0.15) is 0 Å². The van der Waals surface area contributed by atoms with E-state index >= 15 is 0 Å². The zero-order valence-electron chi connectivity index (χ0n) is 12.8. The van der Waals surface area contributed by atoms with E-state index < -0.39 is 0 Å². The average Bonchev–Trinajstić information content (AvgIpc) is 3.04. The van der Waals surface area contributed by atoms with Crippen molar-refractivity contribution < 1.29 is 4.79 Å². The van der Waals surface area contributed by atoms with Gasteiger partial charge >= 0.3 is 0 Å². The number of carbonyl (C=O) groups excluding carboxylic acids is 1. The summed E-state index contributed by atoms with van der Waals surface area (Å²) in [6, 6.07) is 1.55. The summed E-state index contributed by atoms with van der Waals surface area (Å²) in [5.41, 5.74) is 6.34. The van der Waals surface area contributed by atoms with Crippen molar-refractivity contribution in [3.63, 3.8) is 0 Å². The minimum atomic E-state index is -0.0676. The predicted octanol–water partition coefficient (Wildman–Crippen LogP) is 1.19. The van der Waals surface area contributed by atoms with Gasteiger partial charge in [0, 0.05) is 36.5 Å². The predicted molar refractivity (Wildman–Crippen MR) is 93.9 cm³/mol. The van der Waals surface area contributed by atoms with Crippen LogP contribution in [-0.4, -0.2) is 45.6 Å². The molecule has 0 radical (unpaired) electrons.